The van der Waals surface area contributed by atoms with Crippen LogP contribution in [0, 0.1) is 0 Å². The third-order valence-corrected chi connectivity index (χ3v) is 2.51. The minimum atomic E-state index is -1.12. The second kappa shape index (κ2) is 5.23. The molecule has 90 valence electrons. The van der Waals surface area contributed by atoms with E-state index >= 15 is 0 Å². The van der Waals surface area contributed by atoms with Gasteiger partial charge in [-0.2, -0.15) is 0 Å². The average Bonchev–Trinajstić information content (AvgIpc) is 2.39. The van der Waals surface area contributed by atoms with Crippen LogP contribution in [0.4, 0.5) is 0 Å². The Bertz CT molecular complexity index is 579. The second-order valence-electron chi connectivity index (χ2n) is 3.78. The van der Waals surface area contributed by atoms with Gasteiger partial charge in [0.05, 0.1) is 0 Å². The Hall–Kier alpha value is -2.49. The summed E-state index contributed by atoms with van der Waals surface area (Å²) < 4.78 is 0. The number of benzene rings is 1. The number of aromatic nitrogens is 1. The van der Waals surface area contributed by atoms with Crippen LogP contribution in [-0.2, 0) is 4.79 Å². The first kappa shape index (κ1) is 12.0. The quantitative estimate of drug-likeness (QED) is 0.659. The molecule has 4 nitrogen and oxygen atoms in total. The van der Waals surface area contributed by atoms with Gasteiger partial charge in [0.2, 0.25) is 0 Å². The summed E-state index contributed by atoms with van der Waals surface area (Å²) in [4.78, 5) is 26.4. The molecular formula is C14H11NO3. The van der Waals surface area contributed by atoms with E-state index < -0.39 is 18.2 Å². The van der Waals surface area contributed by atoms with E-state index in [-0.39, 0.29) is 0 Å². The summed E-state index contributed by atoms with van der Waals surface area (Å²) in [5, 5.41) is 8.67. The molecule has 0 radical (unpaired) electrons. The molecule has 0 unspecified atom stereocenters. The highest BCUT2D eigenvalue weighted by atomic mass is 16.4. The van der Waals surface area contributed by atoms with Crippen LogP contribution in [0.3, 0.4) is 0 Å². The summed E-state index contributed by atoms with van der Waals surface area (Å²) in [6, 6.07) is 10.5. The normalized spacial score (nSPS) is 10.0. The van der Waals surface area contributed by atoms with Crippen molar-refractivity contribution in [1.82, 2.24) is 4.98 Å². The van der Waals surface area contributed by atoms with Gasteiger partial charge in [-0.15, -0.1) is 0 Å². The molecule has 1 N–H and O–H groups in total. The third kappa shape index (κ3) is 2.60. The highest BCUT2D eigenvalue weighted by Crippen LogP contribution is 2.23. The molecule has 2 aromatic rings. The number of hydrogen-bond donors (Lipinski definition) is 1. The first-order valence-corrected chi connectivity index (χ1v) is 5.43. The maximum Gasteiger partial charge on any atom is 0.311 e. The smallest absolute Gasteiger partial charge is 0.311 e. The van der Waals surface area contributed by atoms with E-state index in [4.69, 9.17) is 5.11 Å². The second-order valence-corrected chi connectivity index (χ2v) is 3.78. The SMILES string of the molecule is O=C(O)CC(=O)c1ccccc1-c1cccnc1. The molecule has 2 rings (SSSR count). The summed E-state index contributed by atoms with van der Waals surface area (Å²) >= 11 is 0. The van der Waals surface area contributed by atoms with E-state index in [1.807, 2.05) is 6.07 Å². The fourth-order valence-electron chi connectivity index (χ4n) is 1.73. The minimum absolute atomic E-state index is 0.401. The third-order valence-electron chi connectivity index (χ3n) is 2.51. The summed E-state index contributed by atoms with van der Waals surface area (Å²) in [5.74, 6) is -1.53. The molecule has 4 heteroatoms. The Kier molecular flexibility index (Phi) is 3.48. The Morgan fingerprint density at radius 2 is 1.89 bits per heavy atom. The first-order valence-electron chi connectivity index (χ1n) is 5.43. The number of hydrogen-bond acceptors (Lipinski definition) is 3. The molecule has 0 fully saturated rings. The standard InChI is InChI=1S/C14H11NO3/c16-13(8-14(17)18)12-6-2-1-5-11(12)10-4-3-7-15-9-10/h1-7,9H,8H2,(H,17,18). The van der Waals surface area contributed by atoms with Crippen LogP contribution >= 0.6 is 0 Å². The van der Waals surface area contributed by atoms with E-state index in [0.717, 1.165) is 5.56 Å². The molecule has 0 amide bonds. The monoisotopic (exact) mass is 241 g/mol. The number of rotatable bonds is 4. The van der Waals surface area contributed by atoms with E-state index in [1.165, 1.54) is 0 Å². The number of pyridine rings is 1. The zero-order valence-electron chi connectivity index (χ0n) is 9.54. The lowest BCUT2D eigenvalue weighted by atomic mass is 9.97. The molecule has 0 aliphatic heterocycles. The van der Waals surface area contributed by atoms with Gasteiger partial charge in [-0.1, -0.05) is 30.3 Å². The number of aliphatic carboxylic acids is 1. The lowest BCUT2D eigenvalue weighted by molar-refractivity contribution is -0.135. The maximum absolute atomic E-state index is 11.8. The molecule has 1 aromatic heterocycles. The van der Waals surface area contributed by atoms with Gasteiger partial charge >= 0.3 is 5.97 Å². The van der Waals surface area contributed by atoms with E-state index in [0.29, 0.717) is 11.1 Å². The van der Waals surface area contributed by atoms with Gasteiger partial charge < -0.3 is 5.11 Å². The first-order chi connectivity index (χ1) is 8.68. The Balaban J connectivity index is 2.44. The van der Waals surface area contributed by atoms with Crippen molar-refractivity contribution in [3.63, 3.8) is 0 Å². The molecule has 0 aliphatic carbocycles. The molecule has 1 heterocycles. The van der Waals surface area contributed by atoms with Crippen LogP contribution in [0.2, 0.25) is 0 Å². The van der Waals surface area contributed by atoms with Crippen molar-refractivity contribution in [3.8, 4) is 11.1 Å². The summed E-state index contributed by atoms with van der Waals surface area (Å²) in [5.41, 5.74) is 1.91. The van der Waals surface area contributed by atoms with Gasteiger partial charge in [0.1, 0.15) is 6.42 Å². The number of ketones is 1. The largest absolute Gasteiger partial charge is 0.481 e. The zero-order valence-corrected chi connectivity index (χ0v) is 9.54. The van der Waals surface area contributed by atoms with Crippen molar-refractivity contribution in [1.29, 1.82) is 0 Å². The van der Waals surface area contributed by atoms with E-state index in [2.05, 4.69) is 4.98 Å². The summed E-state index contributed by atoms with van der Waals surface area (Å²) in [7, 11) is 0. The van der Waals surface area contributed by atoms with Crippen molar-refractivity contribution >= 4 is 11.8 Å². The van der Waals surface area contributed by atoms with Gasteiger partial charge in [-0.3, -0.25) is 14.6 Å². The molecule has 0 saturated heterocycles. The number of carbonyl (C=O) groups excluding carboxylic acids is 1. The Labute approximate surface area is 104 Å². The van der Waals surface area contributed by atoms with Crippen LogP contribution in [0.15, 0.2) is 48.8 Å². The van der Waals surface area contributed by atoms with E-state index in [1.54, 1.807) is 42.7 Å². The Morgan fingerprint density at radius 3 is 2.56 bits per heavy atom. The minimum Gasteiger partial charge on any atom is -0.481 e. The molecule has 1 aromatic carbocycles. The fourth-order valence-corrected chi connectivity index (χ4v) is 1.73. The number of carbonyl (C=O) groups is 2. The Morgan fingerprint density at radius 1 is 1.11 bits per heavy atom. The van der Waals surface area contributed by atoms with Gasteiger partial charge in [0, 0.05) is 23.5 Å². The number of nitrogens with zero attached hydrogens (tertiary/aromatic N) is 1. The van der Waals surface area contributed by atoms with Crippen LogP contribution in [0.1, 0.15) is 16.8 Å². The molecule has 0 saturated carbocycles. The molecule has 0 atom stereocenters. The number of carboxylic acid groups (broad SMARTS) is 1. The van der Waals surface area contributed by atoms with Crippen LogP contribution in [0.5, 0.6) is 0 Å². The lowest BCUT2D eigenvalue weighted by Gasteiger charge is -2.07. The molecule has 0 spiro atoms. The molecule has 18 heavy (non-hydrogen) atoms. The van der Waals surface area contributed by atoms with Gasteiger partial charge in [0.15, 0.2) is 5.78 Å². The van der Waals surface area contributed by atoms with Crippen molar-refractivity contribution in [2.24, 2.45) is 0 Å². The average molecular weight is 241 g/mol. The zero-order chi connectivity index (χ0) is 13.0. The van der Waals surface area contributed by atoms with E-state index in [9.17, 15) is 9.59 Å². The van der Waals surface area contributed by atoms with Crippen LogP contribution in [-0.4, -0.2) is 21.8 Å². The molecule has 0 bridgehead atoms. The van der Waals surface area contributed by atoms with Gasteiger partial charge in [-0.05, 0) is 11.6 Å². The fraction of sp³-hybridized carbons (Fsp3) is 0.0714. The summed E-state index contributed by atoms with van der Waals surface area (Å²) in [6.45, 7) is 0. The predicted molar refractivity (Wildman–Crippen MR) is 66.3 cm³/mol. The highest BCUT2D eigenvalue weighted by Gasteiger charge is 2.15. The number of carboxylic acids is 1. The maximum atomic E-state index is 11.8. The summed E-state index contributed by atoms with van der Waals surface area (Å²) in [6.07, 6.45) is 2.79. The van der Waals surface area contributed by atoms with Crippen molar-refractivity contribution in [2.45, 2.75) is 6.42 Å². The molecule has 0 aliphatic rings. The lowest BCUT2D eigenvalue weighted by Crippen LogP contribution is -2.08. The van der Waals surface area contributed by atoms with Gasteiger partial charge in [-0.25, -0.2) is 0 Å². The highest BCUT2D eigenvalue weighted by molar-refractivity contribution is 6.09. The van der Waals surface area contributed by atoms with Gasteiger partial charge in [0.25, 0.3) is 0 Å². The van der Waals surface area contributed by atoms with Crippen molar-refractivity contribution < 1.29 is 14.7 Å². The van der Waals surface area contributed by atoms with Crippen molar-refractivity contribution in [2.75, 3.05) is 0 Å². The van der Waals surface area contributed by atoms with Crippen molar-refractivity contribution in [3.05, 3.63) is 54.4 Å². The van der Waals surface area contributed by atoms with Crippen LogP contribution in [0.25, 0.3) is 11.1 Å². The number of Topliss-reactive ketones (excluding diaryl/α,β-unsaturated/α-hetero) is 1. The topological polar surface area (TPSA) is 67.3 Å². The van der Waals surface area contributed by atoms with Crippen LogP contribution < -0.4 is 0 Å². The molecular weight excluding hydrogens is 230 g/mol. The predicted octanol–water partition coefficient (Wildman–Crippen LogP) is 2.41.